The van der Waals surface area contributed by atoms with Crippen molar-refractivity contribution in [2.24, 2.45) is 5.92 Å². The first-order chi connectivity index (χ1) is 11.5. The van der Waals surface area contributed by atoms with Gasteiger partial charge in [-0.15, -0.1) is 0 Å². The predicted molar refractivity (Wildman–Crippen MR) is 89.9 cm³/mol. The van der Waals surface area contributed by atoms with Crippen LogP contribution in [-0.2, 0) is 15.0 Å². The molecule has 0 radical (unpaired) electrons. The first kappa shape index (κ1) is 16.9. The molecule has 1 aromatic carbocycles. The van der Waals surface area contributed by atoms with Crippen LogP contribution >= 0.6 is 0 Å². The molecule has 1 aliphatic heterocycles. The SMILES string of the molecule is CC(=O)N1CCC[C@@H](C(=O)NCC2(c3ccc(F)cc3)CCC2)C1. The van der Waals surface area contributed by atoms with Gasteiger partial charge in [-0.3, -0.25) is 9.59 Å². The van der Waals surface area contributed by atoms with Crippen LogP contribution in [0.1, 0.15) is 44.6 Å². The Morgan fingerprint density at radius 1 is 1.25 bits per heavy atom. The summed E-state index contributed by atoms with van der Waals surface area (Å²) in [4.78, 5) is 25.8. The summed E-state index contributed by atoms with van der Waals surface area (Å²) < 4.78 is 13.2. The zero-order chi connectivity index (χ0) is 17.2. The zero-order valence-corrected chi connectivity index (χ0v) is 14.2. The molecular weight excluding hydrogens is 307 g/mol. The Labute approximate surface area is 142 Å². The summed E-state index contributed by atoms with van der Waals surface area (Å²) in [6, 6.07) is 6.64. The number of carbonyl (C=O) groups excluding carboxylic acids is 2. The van der Waals surface area contributed by atoms with E-state index < -0.39 is 0 Å². The summed E-state index contributed by atoms with van der Waals surface area (Å²) in [5, 5.41) is 3.10. The molecule has 0 bridgehead atoms. The summed E-state index contributed by atoms with van der Waals surface area (Å²) in [5.74, 6) is -0.277. The number of hydrogen-bond acceptors (Lipinski definition) is 2. The van der Waals surface area contributed by atoms with Crippen LogP contribution in [0, 0.1) is 11.7 Å². The first-order valence-corrected chi connectivity index (χ1v) is 8.79. The lowest BCUT2D eigenvalue weighted by Gasteiger charge is -2.43. The van der Waals surface area contributed by atoms with Crippen LogP contribution in [-0.4, -0.2) is 36.3 Å². The zero-order valence-electron chi connectivity index (χ0n) is 14.2. The van der Waals surface area contributed by atoms with E-state index in [1.54, 1.807) is 11.8 Å². The molecule has 2 fully saturated rings. The average molecular weight is 332 g/mol. The van der Waals surface area contributed by atoms with Crippen LogP contribution < -0.4 is 5.32 Å². The minimum absolute atomic E-state index is 0.0364. The number of nitrogens with zero attached hydrogens (tertiary/aromatic N) is 1. The Hall–Kier alpha value is -1.91. The maximum atomic E-state index is 13.2. The maximum absolute atomic E-state index is 13.2. The third kappa shape index (κ3) is 3.45. The molecule has 130 valence electrons. The second-order valence-corrected chi connectivity index (χ2v) is 7.16. The van der Waals surface area contributed by atoms with E-state index in [9.17, 15) is 14.0 Å². The number of hydrogen-bond donors (Lipinski definition) is 1. The van der Waals surface area contributed by atoms with Crippen LogP contribution in [0.4, 0.5) is 4.39 Å². The highest BCUT2D eigenvalue weighted by molar-refractivity contribution is 5.80. The number of piperidine rings is 1. The van der Waals surface area contributed by atoms with E-state index >= 15 is 0 Å². The van der Waals surface area contributed by atoms with Gasteiger partial charge >= 0.3 is 0 Å². The van der Waals surface area contributed by atoms with E-state index in [0.29, 0.717) is 13.1 Å². The molecule has 1 saturated heterocycles. The smallest absolute Gasteiger partial charge is 0.224 e. The summed E-state index contributed by atoms with van der Waals surface area (Å²) in [6.07, 6.45) is 4.88. The molecule has 0 aromatic heterocycles. The highest BCUT2D eigenvalue weighted by Gasteiger charge is 2.39. The van der Waals surface area contributed by atoms with Crippen molar-refractivity contribution in [3.8, 4) is 0 Å². The lowest BCUT2D eigenvalue weighted by Crippen LogP contribution is -2.50. The molecule has 1 aliphatic carbocycles. The van der Waals surface area contributed by atoms with E-state index in [0.717, 1.165) is 44.2 Å². The van der Waals surface area contributed by atoms with E-state index in [1.165, 1.54) is 12.1 Å². The van der Waals surface area contributed by atoms with Crippen molar-refractivity contribution in [3.05, 3.63) is 35.6 Å². The van der Waals surface area contributed by atoms with Crippen molar-refractivity contribution < 1.29 is 14.0 Å². The van der Waals surface area contributed by atoms with Crippen LogP contribution in [0.2, 0.25) is 0 Å². The van der Waals surface area contributed by atoms with Crippen LogP contribution in [0.15, 0.2) is 24.3 Å². The van der Waals surface area contributed by atoms with Gasteiger partial charge in [-0.1, -0.05) is 18.6 Å². The summed E-state index contributed by atoms with van der Waals surface area (Å²) in [6.45, 7) is 3.41. The van der Waals surface area contributed by atoms with Crippen molar-refractivity contribution >= 4 is 11.8 Å². The van der Waals surface area contributed by atoms with Crippen LogP contribution in [0.25, 0.3) is 0 Å². The van der Waals surface area contributed by atoms with E-state index in [2.05, 4.69) is 5.32 Å². The van der Waals surface area contributed by atoms with Gasteiger partial charge in [0.25, 0.3) is 0 Å². The number of halogens is 1. The standard InChI is InChI=1S/C19H25FN2O2/c1-14(23)22-11-2-4-15(12-22)18(24)21-13-19(9-3-10-19)16-5-7-17(20)8-6-16/h5-8,15H,2-4,9-13H2,1H3,(H,21,24)/t15-/m1/s1. The Kier molecular flexibility index (Phi) is 4.88. The number of likely N-dealkylation sites (tertiary alicyclic amines) is 1. The number of carbonyl (C=O) groups is 2. The first-order valence-electron chi connectivity index (χ1n) is 8.79. The van der Waals surface area contributed by atoms with Gasteiger partial charge in [0, 0.05) is 32.0 Å². The molecule has 3 rings (SSSR count). The monoisotopic (exact) mass is 332 g/mol. The van der Waals surface area contributed by atoms with Crippen molar-refractivity contribution in [1.82, 2.24) is 10.2 Å². The molecule has 5 heteroatoms. The van der Waals surface area contributed by atoms with Gasteiger partial charge in [-0.2, -0.15) is 0 Å². The number of benzene rings is 1. The predicted octanol–water partition coefficient (Wildman–Crippen LogP) is 2.62. The second-order valence-electron chi connectivity index (χ2n) is 7.16. The molecule has 1 saturated carbocycles. The minimum Gasteiger partial charge on any atom is -0.355 e. The number of nitrogens with one attached hydrogen (secondary N) is 1. The van der Waals surface area contributed by atoms with Gasteiger partial charge in [-0.05, 0) is 43.4 Å². The average Bonchev–Trinajstić information content (AvgIpc) is 2.55. The molecule has 0 spiro atoms. The van der Waals surface area contributed by atoms with Gasteiger partial charge in [0.2, 0.25) is 11.8 Å². The molecule has 1 heterocycles. The largest absolute Gasteiger partial charge is 0.355 e. The summed E-state index contributed by atoms with van der Waals surface area (Å²) in [5.41, 5.74) is 1.04. The summed E-state index contributed by atoms with van der Waals surface area (Å²) >= 11 is 0. The normalized spacial score (nSPS) is 22.6. The van der Waals surface area contributed by atoms with Gasteiger partial charge in [-0.25, -0.2) is 4.39 Å². The van der Waals surface area contributed by atoms with E-state index in [4.69, 9.17) is 0 Å². The molecule has 1 N–H and O–H groups in total. The molecule has 0 unspecified atom stereocenters. The third-order valence-corrected chi connectivity index (χ3v) is 5.61. The van der Waals surface area contributed by atoms with E-state index in [1.807, 2.05) is 12.1 Å². The fraction of sp³-hybridized carbons (Fsp3) is 0.579. The molecule has 2 amide bonds. The van der Waals surface area contributed by atoms with Gasteiger partial charge < -0.3 is 10.2 Å². The molecule has 2 aliphatic rings. The van der Waals surface area contributed by atoms with Gasteiger partial charge in [0.1, 0.15) is 5.82 Å². The lowest BCUT2D eigenvalue weighted by molar-refractivity contribution is -0.134. The highest BCUT2D eigenvalue weighted by atomic mass is 19.1. The van der Waals surface area contributed by atoms with Crippen molar-refractivity contribution in [1.29, 1.82) is 0 Å². The van der Waals surface area contributed by atoms with Crippen LogP contribution in [0.5, 0.6) is 0 Å². The van der Waals surface area contributed by atoms with Crippen molar-refractivity contribution in [2.75, 3.05) is 19.6 Å². The minimum atomic E-state index is -0.233. The quantitative estimate of drug-likeness (QED) is 0.921. The Bertz CT molecular complexity index is 610. The van der Waals surface area contributed by atoms with Crippen molar-refractivity contribution in [3.63, 3.8) is 0 Å². The van der Waals surface area contributed by atoms with Crippen LogP contribution in [0.3, 0.4) is 0 Å². The Morgan fingerprint density at radius 3 is 2.54 bits per heavy atom. The Balaban J connectivity index is 1.60. The topological polar surface area (TPSA) is 49.4 Å². The fourth-order valence-electron chi connectivity index (χ4n) is 3.85. The highest BCUT2D eigenvalue weighted by Crippen LogP contribution is 2.43. The van der Waals surface area contributed by atoms with Gasteiger partial charge in [0.05, 0.1) is 5.92 Å². The number of rotatable bonds is 4. The maximum Gasteiger partial charge on any atom is 0.224 e. The summed E-state index contributed by atoms with van der Waals surface area (Å²) in [7, 11) is 0. The Morgan fingerprint density at radius 2 is 1.96 bits per heavy atom. The second kappa shape index (κ2) is 6.91. The fourth-order valence-corrected chi connectivity index (χ4v) is 3.85. The van der Waals surface area contributed by atoms with Crippen molar-refractivity contribution in [2.45, 2.75) is 44.4 Å². The molecule has 4 nitrogen and oxygen atoms in total. The number of amides is 2. The third-order valence-electron chi connectivity index (χ3n) is 5.61. The lowest BCUT2D eigenvalue weighted by atomic mass is 9.64. The van der Waals surface area contributed by atoms with E-state index in [-0.39, 0.29) is 29.0 Å². The molecule has 1 aromatic rings. The molecule has 24 heavy (non-hydrogen) atoms. The molecular formula is C19H25FN2O2. The molecule has 1 atom stereocenters. The van der Waals surface area contributed by atoms with Gasteiger partial charge in [0.15, 0.2) is 0 Å².